The first-order chi connectivity index (χ1) is 10.7. The summed E-state index contributed by atoms with van der Waals surface area (Å²) in [6.45, 7) is 3.76. The summed E-state index contributed by atoms with van der Waals surface area (Å²) in [5.41, 5.74) is 0.872. The SMILES string of the molecule is CNCC(C)C(=O)NCCCOc1cccc2cccnc12.Cl.Cl. The number of hydrogen-bond acceptors (Lipinski definition) is 4. The van der Waals surface area contributed by atoms with Crippen LogP contribution in [0.3, 0.4) is 0 Å². The zero-order chi connectivity index (χ0) is 15.8. The van der Waals surface area contributed by atoms with Crippen LogP contribution in [0.15, 0.2) is 36.5 Å². The molecule has 0 aliphatic heterocycles. The second-order valence-electron chi connectivity index (χ2n) is 5.28. The maximum atomic E-state index is 11.7. The third-order valence-corrected chi connectivity index (χ3v) is 3.43. The van der Waals surface area contributed by atoms with Crippen molar-refractivity contribution in [1.29, 1.82) is 0 Å². The Labute approximate surface area is 155 Å². The Morgan fingerprint density at radius 1 is 1.25 bits per heavy atom. The molecule has 0 radical (unpaired) electrons. The number of hydrogen-bond donors (Lipinski definition) is 2. The van der Waals surface area contributed by atoms with Crippen molar-refractivity contribution in [3.63, 3.8) is 0 Å². The number of carbonyl (C=O) groups excluding carboxylic acids is 1. The van der Waals surface area contributed by atoms with Gasteiger partial charge in [0.2, 0.25) is 5.91 Å². The Balaban J connectivity index is 0.00000264. The largest absolute Gasteiger partial charge is 0.491 e. The number of para-hydroxylation sites is 1. The molecule has 1 atom stereocenters. The summed E-state index contributed by atoms with van der Waals surface area (Å²) in [5, 5.41) is 6.98. The van der Waals surface area contributed by atoms with Crippen LogP contribution in [0.25, 0.3) is 10.9 Å². The molecule has 5 nitrogen and oxygen atoms in total. The molecule has 2 N–H and O–H groups in total. The van der Waals surface area contributed by atoms with Gasteiger partial charge in [-0.2, -0.15) is 0 Å². The topological polar surface area (TPSA) is 63.2 Å². The van der Waals surface area contributed by atoms with Gasteiger partial charge in [-0.05, 0) is 25.6 Å². The molecule has 1 aromatic carbocycles. The Morgan fingerprint density at radius 3 is 2.75 bits per heavy atom. The van der Waals surface area contributed by atoms with Crippen LogP contribution in [0, 0.1) is 5.92 Å². The van der Waals surface area contributed by atoms with Crippen LogP contribution >= 0.6 is 24.8 Å². The standard InChI is InChI=1S/C17H23N3O2.2ClH/c1-13(12-18-2)17(21)20-10-5-11-22-15-8-3-6-14-7-4-9-19-16(14)15;;/h3-4,6-9,13,18H,5,10-12H2,1-2H3,(H,20,21);2*1H. The average molecular weight is 374 g/mol. The maximum Gasteiger partial charge on any atom is 0.224 e. The minimum atomic E-state index is -0.0202. The fourth-order valence-electron chi connectivity index (χ4n) is 2.23. The summed E-state index contributed by atoms with van der Waals surface area (Å²) in [6, 6.07) is 9.81. The van der Waals surface area contributed by atoms with E-state index in [0.717, 1.165) is 23.1 Å². The number of carbonyl (C=O) groups is 1. The third kappa shape index (κ3) is 6.51. The van der Waals surface area contributed by atoms with Crippen LogP contribution in [-0.2, 0) is 4.79 Å². The maximum absolute atomic E-state index is 11.7. The molecule has 2 aromatic rings. The molecular formula is C17H25Cl2N3O2. The Bertz CT molecular complexity index is 620. The van der Waals surface area contributed by atoms with Gasteiger partial charge in [0.25, 0.3) is 0 Å². The summed E-state index contributed by atoms with van der Waals surface area (Å²) in [4.78, 5) is 16.1. The van der Waals surface area contributed by atoms with Crippen molar-refractivity contribution in [2.75, 3.05) is 26.7 Å². The van der Waals surface area contributed by atoms with Gasteiger partial charge in [-0.1, -0.05) is 25.1 Å². The van der Waals surface area contributed by atoms with Crippen molar-refractivity contribution in [2.24, 2.45) is 5.92 Å². The Hall–Kier alpha value is -1.56. The fourth-order valence-corrected chi connectivity index (χ4v) is 2.23. The van der Waals surface area contributed by atoms with Crippen molar-refractivity contribution < 1.29 is 9.53 Å². The van der Waals surface area contributed by atoms with E-state index in [4.69, 9.17) is 4.74 Å². The van der Waals surface area contributed by atoms with Crippen LogP contribution in [0.2, 0.25) is 0 Å². The van der Waals surface area contributed by atoms with Gasteiger partial charge in [-0.3, -0.25) is 9.78 Å². The van der Waals surface area contributed by atoms with Gasteiger partial charge in [0.15, 0.2) is 0 Å². The molecule has 7 heteroatoms. The molecule has 1 aromatic heterocycles. The highest BCUT2D eigenvalue weighted by Crippen LogP contribution is 2.22. The summed E-state index contributed by atoms with van der Waals surface area (Å²) >= 11 is 0. The number of fused-ring (bicyclic) bond motifs is 1. The van der Waals surface area contributed by atoms with Crippen molar-refractivity contribution in [3.05, 3.63) is 36.5 Å². The number of benzene rings is 1. The van der Waals surface area contributed by atoms with Crippen molar-refractivity contribution in [2.45, 2.75) is 13.3 Å². The summed E-state index contributed by atoms with van der Waals surface area (Å²) in [6.07, 6.45) is 2.53. The first-order valence-corrected chi connectivity index (χ1v) is 7.61. The van der Waals surface area contributed by atoms with Crippen LogP contribution in [0.1, 0.15) is 13.3 Å². The van der Waals surface area contributed by atoms with E-state index < -0.39 is 0 Å². The monoisotopic (exact) mass is 373 g/mol. The van der Waals surface area contributed by atoms with E-state index in [1.54, 1.807) is 6.20 Å². The highest BCUT2D eigenvalue weighted by Gasteiger charge is 2.10. The molecule has 0 spiro atoms. The lowest BCUT2D eigenvalue weighted by molar-refractivity contribution is -0.124. The predicted molar refractivity (Wildman–Crippen MR) is 102 cm³/mol. The second-order valence-corrected chi connectivity index (χ2v) is 5.28. The lowest BCUT2D eigenvalue weighted by Gasteiger charge is -2.12. The molecule has 0 bridgehead atoms. The number of amides is 1. The normalized spacial score (nSPS) is 11.1. The van der Waals surface area contributed by atoms with Gasteiger partial charge < -0.3 is 15.4 Å². The lowest BCUT2D eigenvalue weighted by atomic mass is 10.1. The van der Waals surface area contributed by atoms with E-state index >= 15 is 0 Å². The smallest absolute Gasteiger partial charge is 0.224 e. The number of pyridine rings is 1. The van der Waals surface area contributed by atoms with E-state index in [2.05, 4.69) is 15.6 Å². The molecule has 0 aliphatic rings. The number of nitrogens with zero attached hydrogens (tertiary/aromatic N) is 1. The van der Waals surface area contributed by atoms with Gasteiger partial charge in [-0.15, -0.1) is 24.8 Å². The van der Waals surface area contributed by atoms with Crippen LogP contribution in [-0.4, -0.2) is 37.6 Å². The van der Waals surface area contributed by atoms with Gasteiger partial charge in [0, 0.05) is 30.6 Å². The number of nitrogens with one attached hydrogen (secondary N) is 2. The van der Waals surface area contributed by atoms with Crippen molar-refractivity contribution in [1.82, 2.24) is 15.6 Å². The van der Waals surface area contributed by atoms with Crippen LogP contribution < -0.4 is 15.4 Å². The van der Waals surface area contributed by atoms with Gasteiger partial charge in [0.1, 0.15) is 11.3 Å². The summed E-state index contributed by atoms with van der Waals surface area (Å²) in [5.74, 6) is 0.836. The fraction of sp³-hybridized carbons (Fsp3) is 0.412. The Morgan fingerprint density at radius 2 is 2.00 bits per heavy atom. The Kier molecular flexibility index (Phi) is 11.1. The number of halogens is 2. The number of ether oxygens (including phenoxy) is 1. The molecule has 1 heterocycles. The number of rotatable bonds is 8. The van der Waals surface area contributed by atoms with Crippen LogP contribution in [0.4, 0.5) is 0 Å². The van der Waals surface area contributed by atoms with E-state index in [1.807, 2.05) is 44.3 Å². The van der Waals surface area contributed by atoms with Gasteiger partial charge >= 0.3 is 0 Å². The van der Waals surface area contributed by atoms with Crippen molar-refractivity contribution in [3.8, 4) is 5.75 Å². The minimum absolute atomic E-state index is 0. The first kappa shape index (κ1) is 22.4. The van der Waals surface area contributed by atoms with Gasteiger partial charge in [-0.25, -0.2) is 0 Å². The summed E-state index contributed by atoms with van der Waals surface area (Å²) < 4.78 is 5.78. The first-order valence-electron chi connectivity index (χ1n) is 7.61. The molecular weight excluding hydrogens is 349 g/mol. The molecule has 1 unspecified atom stereocenters. The highest BCUT2D eigenvalue weighted by atomic mass is 35.5. The average Bonchev–Trinajstić information content (AvgIpc) is 2.54. The minimum Gasteiger partial charge on any atom is -0.491 e. The van der Waals surface area contributed by atoms with Crippen LogP contribution in [0.5, 0.6) is 5.75 Å². The highest BCUT2D eigenvalue weighted by molar-refractivity contribution is 5.86. The number of aromatic nitrogens is 1. The molecule has 1 amide bonds. The van der Waals surface area contributed by atoms with Gasteiger partial charge in [0.05, 0.1) is 6.61 Å². The quantitative estimate of drug-likeness (QED) is 0.698. The zero-order valence-electron chi connectivity index (χ0n) is 14.0. The van der Waals surface area contributed by atoms with E-state index in [1.165, 1.54) is 0 Å². The van der Waals surface area contributed by atoms with E-state index in [0.29, 0.717) is 19.7 Å². The predicted octanol–water partition coefficient (Wildman–Crippen LogP) is 2.82. The molecule has 2 rings (SSSR count). The second kappa shape index (κ2) is 11.9. The molecule has 0 saturated carbocycles. The third-order valence-electron chi connectivity index (χ3n) is 3.43. The zero-order valence-corrected chi connectivity index (χ0v) is 15.6. The molecule has 0 saturated heterocycles. The molecule has 134 valence electrons. The van der Waals surface area contributed by atoms with E-state index in [9.17, 15) is 4.79 Å². The molecule has 24 heavy (non-hydrogen) atoms. The lowest BCUT2D eigenvalue weighted by Crippen LogP contribution is -2.35. The summed E-state index contributed by atoms with van der Waals surface area (Å²) in [7, 11) is 1.84. The molecule has 0 fully saturated rings. The van der Waals surface area contributed by atoms with E-state index in [-0.39, 0.29) is 36.6 Å². The molecule has 0 aliphatic carbocycles. The van der Waals surface area contributed by atoms with Crippen molar-refractivity contribution >= 4 is 41.6 Å².